The van der Waals surface area contributed by atoms with Crippen LogP contribution >= 0.6 is 23.1 Å². The van der Waals surface area contributed by atoms with Gasteiger partial charge in [0.1, 0.15) is 30.2 Å². The van der Waals surface area contributed by atoms with E-state index in [0.717, 1.165) is 52.4 Å². The molecule has 3 N–H and O–H groups in total. The van der Waals surface area contributed by atoms with E-state index in [-0.39, 0.29) is 69.5 Å². The Labute approximate surface area is 448 Å². The molecule has 5 amide bonds. The molecular formula is C56H69N5O12S2. The van der Waals surface area contributed by atoms with Gasteiger partial charge in [-0.15, -0.1) is 11.3 Å². The zero-order valence-corrected chi connectivity index (χ0v) is 45.3. The van der Waals surface area contributed by atoms with E-state index in [4.69, 9.17) is 35.0 Å². The van der Waals surface area contributed by atoms with Crippen LogP contribution in [0.3, 0.4) is 0 Å². The maximum absolute atomic E-state index is 13.9. The van der Waals surface area contributed by atoms with Crippen molar-refractivity contribution in [3.05, 3.63) is 116 Å². The van der Waals surface area contributed by atoms with Crippen molar-refractivity contribution in [2.45, 2.75) is 85.5 Å². The number of nitrogens with zero attached hydrogens (tertiary/aromatic N) is 3. The molecule has 4 aromatic rings. The van der Waals surface area contributed by atoms with Crippen molar-refractivity contribution in [1.29, 1.82) is 0 Å². The third-order valence-corrected chi connectivity index (χ3v) is 14.3. The maximum atomic E-state index is 13.9. The Hall–Kier alpha value is -5.95. The van der Waals surface area contributed by atoms with E-state index in [1.54, 1.807) is 35.6 Å². The quantitative estimate of drug-likeness (QED) is 0.0279. The number of likely N-dealkylation sites (tertiary alicyclic amines) is 1. The maximum Gasteiger partial charge on any atom is 0.293 e. The van der Waals surface area contributed by atoms with Crippen LogP contribution in [-0.2, 0) is 49.4 Å². The summed E-state index contributed by atoms with van der Waals surface area (Å²) in [5.74, 6) is -0.353. The van der Waals surface area contributed by atoms with Gasteiger partial charge < -0.3 is 49.1 Å². The van der Waals surface area contributed by atoms with Gasteiger partial charge >= 0.3 is 0 Å². The first kappa shape index (κ1) is 58.3. The van der Waals surface area contributed by atoms with Crippen molar-refractivity contribution >= 4 is 63.7 Å². The second kappa shape index (κ2) is 28.8. The molecule has 6 rings (SSSR count). The van der Waals surface area contributed by atoms with E-state index in [9.17, 15) is 29.1 Å². The average molecular weight is 1070 g/mol. The number of β-amino-alcohol motifs (C(OH)–C–C–N with tert-alkyl or cyclic N) is 1. The molecule has 3 heterocycles. The van der Waals surface area contributed by atoms with Crippen LogP contribution in [0.5, 0.6) is 11.5 Å². The number of aliphatic hydroxyl groups excluding tert-OH is 1. The normalized spacial score (nSPS) is 16.6. The Morgan fingerprint density at radius 2 is 1.44 bits per heavy atom. The van der Waals surface area contributed by atoms with E-state index >= 15 is 0 Å². The second-order valence-electron chi connectivity index (χ2n) is 19.3. The summed E-state index contributed by atoms with van der Waals surface area (Å²) in [6, 6.07) is 19.0. The molecule has 1 unspecified atom stereocenters. The molecule has 17 nitrogen and oxygen atoms in total. The first-order chi connectivity index (χ1) is 36.0. The number of nitrogens with one attached hydrogen (secondary N) is 2. The number of hydrogen-bond donors (Lipinski definition) is 3. The highest BCUT2D eigenvalue weighted by Gasteiger charge is 2.44. The molecule has 2 saturated heterocycles. The lowest BCUT2D eigenvalue weighted by atomic mass is 9.85. The molecule has 0 aliphatic carbocycles. The van der Waals surface area contributed by atoms with Crippen molar-refractivity contribution < 1.29 is 57.5 Å². The smallest absolute Gasteiger partial charge is 0.293 e. The molecule has 0 radical (unpaired) electrons. The van der Waals surface area contributed by atoms with Gasteiger partial charge in [-0.1, -0.05) is 57.2 Å². The number of hydrogen-bond acceptors (Lipinski definition) is 14. The van der Waals surface area contributed by atoms with Crippen LogP contribution in [0, 0.1) is 32.8 Å². The summed E-state index contributed by atoms with van der Waals surface area (Å²) >= 11 is 2.58. The van der Waals surface area contributed by atoms with E-state index in [0.29, 0.717) is 61.7 Å². The van der Waals surface area contributed by atoms with E-state index in [1.165, 1.54) is 20.2 Å². The van der Waals surface area contributed by atoms with Crippen molar-refractivity contribution in [3.8, 4) is 21.9 Å². The molecule has 0 saturated carbocycles. The third kappa shape index (κ3) is 17.6. The predicted octanol–water partition coefficient (Wildman–Crippen LogP) is 8.39. The number of benzene rings is 3. The first-order valence-electron chi connectivity index (χ1n) is 25.1. The van der Waals surface area contributed by atoms with Crippen LogP contribution < -0.4 is 15.4 Å². The highest BCUT2D eigenvalue weighted by Crippen LogP contribution is 2.35. The minimum Gasteiger partial charge on any atom is -0.457 e. The lowest BCUT2D eigenvalue weighted by Crippen LogP contribution is -2.58. The minimum atomic E-state index is -0.967. The SMILES string of the molecule is [C-]#[N+]c1ccc(Oc2ccc(/C=C3\SC(=O)N(CCOCCOCCCCOCCOCCOCC(=O)N[C@H](C(=O)N4C[C@H](O)CC4C(=O)NCc4ccc(-c5sccc5C)cc4)C(C)(C)C)C3=O)cc2C)c(C)c1. The van der Waals surface area contributed by atoms with Gasteiger partial charge in [0.2, 0.25) is 17.7 Å². The molecule has 402 valence electrons. The molecular weight excluding hydrogens is 999 g/mol. The molecule has 2 aliphatic rings. The average Bonchev–Trinajstić information content (AvgIpc) is 4.07. The number of amides is 5. The predicted molar refractivity (Wildman–Crippen MR) is 289 cm³/mol. The summed E-state index contributed by atoms with van der Waals surface area (Å²) in [7, 11) is 0. The van der Waals surface area contributed by atoms with Crippen molar-refractivity contribution in [2.75, 3.05) is 79.2 Å². The Morgan fingerprint density at radius 3 is 2.05 bits per heavy atom. The number of rotatable bonds is 28. The van der Waals surface area contributed by atoms with Gasteiger partial charge in [-0.3, -0.25) is 28.9 Å². The number of imide groups is 1. The first-order valence-corrected chi connectivity index (χ1v) is 26.8. The van der Waals surface area contributed by atoms with E-state index < -0.39 is 35.4 Å². The fraction of sp³-hybridized carbons (Fsp3) is 0.464. The third-order valence-electron chi connectivity index (χ3n) is 12.3. The van der Waals surface area contributed by atoms with Crippen LogP contribution in [0.25, 0.3) is 21.4 Å². The fourth-order valence-electron chi connectivity index (χ4n) is 8.22. The Balaban J connectivity index is 0.759. The Kier molecular flexibility index (Phi) is 22.4. The highest BCUT2D eigenvalue weighted by atomic mass is 32.2. The molecule has 0 spiro atoms. The molecule has 3 aromatic carbocycles. The summed E-state index contributed by atoms with van der Waals surface area (Å²) in [4.78, 5) is 73.5. The number of aliphatic hydroxyl groups is 1. The molecule has 75 heavy (non-hydrogen) atoms. The van der Waals surface area contributed by atoms with E-state index in [2.05, 4.69) is 33.8 Å². The number of ether oxygens (including phenoxy) is 6. The number of carbonyl (C=O) groups excluding carboxylic acids is 5. The van der Waals surface area contributed by atoms with Crippen molar-refractivity contribution in [1.82, 2.24) is 20.4 Å². The van der Waals surface area contributed by atoms with Crippen LogP contribution in [0.2, 0.25) is 0 Å². The summed E-state index contributed by atoms with van der Waals surface area (Å²) in [5, 5.41) is 18.0. The zero-order valence-electron chi connectivity index (χ0n) is 43.6. The zero-order chi connectivity index (χ0) is 53.9. The fourth-order valence-corrected chi connectivity index (χ4v) is 10.0. The number of unbranched alkanes of at least 4 members (excludes halogenated alkanes) is 1. The molecule has 19 heteroatoms. The molecule has 2 aliphatic heterocycles. The van der Waals surface area contributed by atoms with Crippen LogP contribution in [0.15, 0.2) is 77.0 Å². The van der Waals surface area contributed by atoms with Gasteiger partial charge in [0.25, 0.3) is 11.1 Å². The van der Waals surface area contributed by atoms with Gasteiger partial charge in [0, 0.05) is 37.6 Å². The molecule has 0 bridgehead atoms. The summed E-state index contributed by atoms with van der Waals surface area (Å²) < 4.78 is 34.1. The standard InChI is InChI=1S/C56H69N5O12S2/c1-37-18-29-74-50(37)42-13-10-40(11-14-42)34-58-52(64)45-33-44(62)35-61(45)54(66)51(56(4,5)6)59-49(63)36-72-28-27-71-26-24-69-21-9-8-20-68-23-25-70-22-19-60-53(65)48(75-55(60)67)32-41-12-16-46(38(2)30-41)73-47-17-15-43(57-7)31-39(47)3/h10-18,29-32,44-45,51,62H,8-9,19-28,33-36H2,1-6H3,(H,58,64)(H,59,63)/b48-32-/t44-,45?,51-/m1/s1. The monoisotopic (exact) mass is 1070 g/mol. The van der Waals surface area contributed by atoms with Gasteiger partial charge in [0.15, 0.2) is 5.69 Å². The lowest BCUT2D eigenvalue weighted by Gasteiger charge is -2.35. The molecule has 3 atom stereocenters. The number of thioether (sulfide) groups is 1. The van der Waals surface area contributed by atoms with Gasteiger partial charge in [-0.2, -0.15) is 0 Å². The Morgan fingerprint density at radius 1 is 0.813 bits per heavy atom. The largest absolute Gasteiger partial charge is 0.457 e. The van der Waals surface area contributed by atoms with Crippen LogP contribution in [-0.4, -0.2) is 141 Å². The summed E-state index contributed by atoms with van der Waals surface area (Å²) in [6.45, 7) is 21.7. The van der Waals surface area contributed by atoms with E-state index in [1.807, 2.05) is 77.1 Å². The van der Waals surface area contributed by atoms with Crippen molar-refractivity contribution in [2.24, 2.45) is 5.41 Å². The highest BCUT2D eigenvalue weighted by molar-refractivity contribution is 8.18. The molecule has 1 aromatic heterocycles. The number of thiophene rings is 1. The Bertz CT molecular complexity index is 2660. The summed E-state index contributed by atoms with van der Waals surface area (Å²) in [6.07, 6.45) is 2.50. The minimum absolute atomic E-state index is 0.0175. The van der Waals surface area contributed by atoms with Gasteiger partial charge in [-0.25, -0.2) is 4.85 Å². The topological polar surface area (TPSA) is 196 Å². The van der Waals surface area contributed by atoms with Crippen molar-refractivity contribution in [3.63, 3.8) is 0 Å². The van der Waals surface area contributed by atoms with Crippen LogP contribution in [0.1, 0.15) is 67.9 Å². The second-order valence-corrected chi connectivity index (χ2v) is 21.3. The van der Waals surface area contributed by atoms with Gasteiger partial charge in [-0.05, 0) is 126 Å². The number of aryl methyl sites for hydroxylation is 3. The number of carbonyl (C=O) groups is 5. The summed E-state index contributed by atoms with van der Waals surface area (Å²) in [5.41, 5.74) is 5.54. The lowest BCUT2D eigenvalue weighted by molar-refractivity contribution is -0.144. The molecule has 2 fully saturated rings. The van der Waals surface area contributed by atoms with Gasteiger partial charge in [0.05, 0.1) is 70.4 Å². The van der Waals surface area contributed by atoms with Crippen LogP contribution in [0.4, 0.5) is 10.5 Å².